The van der Waals surface area contributed by atoms with E-state index in [9.17, 15) is 4.79 Å². The standard InChI is InChI=1S/C15H25N5O.2ClH/c1-15(16)7-3-2-4-12(15)14(21)17-8-9-20-10-18-19-13(20)11-5-6-11;;/h10-12H,2-9,16H2,1H3,(H,17,21);2*1H. The van der Waals surface area contributed by atoms with Gasteiger partial charge in [0, 0.05) is 24.5 Å². The summed E-state index contributed by atoms with van der Waals surface area (Å²) >= 11 is 0. The maximum absolute atomic E-state index is 12.3. The number of carbonyl (C=O) groups is 1. The van der Waals surface area contributed by atoms with E-state index in [1.165, 1.54) is 12.8 Å². The molecule has 2 saturated carbocycles. The number of nitrogens with zero attached hydrogens (tertiary/aromatic N) is 3. The number of nitrogens with two attached hydrogens (primary N) is 1. The molecule has 0 saturated heterocycles. The molecule has 2 unspecified atom stereocenters. The average Bonchev–Trinajstić information content (AvgIpc) is 3.18. The highest BCUT2D eigenvalue weighted by Gasteiger charge is 2.37. The number of hydrogen-bond acceptors (Lipinski definition) is 4. The van der Waals surface area contributed by atoms with Gasteiger partial charge in [-0.1, -0.05) is 12.8 Å². The summed E-state index contributed by atoms with van der Waals surface area (Å²) in [4.78, 5) is 12.3. The smallest absolute Gasteiger partial charge is 0.225 e. The fourth-order valence-corrected chi connectivity index (χ4v) is 3.31. The van der Waals surface area contributed by atoms with E-state index in [-0.39, 0.29) is 42.2 Å². The third-order valence-corrected chi connectivity index (χ3v) is 4.81. The maximum Gasteiger partial charge on any atom is 0.225 e. The van der Waals surface area contributed by atoms with Crippen molar-refractivity contribution in [3.63, 3.8) is 0 Å². The minimum absolute atomic E-state index is 0. The minimum Gasteiger partial charge on any atom is -0.354 e. The van der Waals surface area contributed by atoms with Crippen LogP contribution in [0.15, 0.2) is 6.33 Å². The number of halogens is 2. The van der Waals surface area contributed by atoms with Crippen LogP contribution < -0.4 is 11.1 Å². The average molecular weight is 364 g/mol. The van der Waals surface area contributed by atoms with E-state index >= 15 is 0 Å². The van der Waals surface area contributed by atoms with Crippen molar-refractivity contribution in [1.82, 2.24) is 20.1 Å². The molecule has 2 aliphatic rings. The fourth-order valence-electron chi connectivity index (χ4n) is 3.31. The van der Waals surface area contributed by atoms with Crippen molar-refractivity contribution in [1.29, 1.82) is 0 Å². The molecule has 2 aliphatic carbocycles. The molecule has 6 nitrogen and oxygen atoms in total. The van der Waals surface area contributed by atoms with Crippen molar-refractivity contribution in [2.24, 2.45) is 11.7 Å². The molecule has 3 N–H and O–H groups in total. The van der Waals surface area contributed by atoms with Crippen molar-refractivity contribution < 1.29 is 4.79 Å². The number of nitrogens with one attached hydrogen (secondary N) is 1. The summed E-state index contributed by atoms with van der Waals surface area (Å²) in [5.41, 5.74) is 5.91. The molecular formula is C15H27Cl2N5O. The first kappa shape index (κ1) is 20.2. The quantitative estimate of drug-likeness (QED) is 0.837. The zero-order valence-electron chi connectivity index (χ0n) is 13.5. The van der Waals surface area contributed by atoms with E-state index in [1.54, 1.807) is 6.33 Å². The normalized spacial score (nSPS) is 26.8. The van der Waals surface area contributed by atoms with Crippen LogP contribution in [-0.2, 0) is 11.3 Å². The van der Waals surface area contributed by atoms with E-state index in [4.69, 9.17) is 5.73 Å². The Kier molecular flexibility index (Phi) is 7.29. The largest absolute Gasteiger partial charge is 0.354 e. The summed E-state index contributed by atoms with van der Waals surface area (Å²) in [5.74, 6) is 1.68. The van der Waals surface area contributed by atoms with E-state index in [1.807, 2.05) is 6.92 Å². The fraction of sp³-hybridized carbons (Fsp3) is 0.800. The highest BCUT2D eigenvalue weighted by atomic mass is 35.5. The third kappa shape index (κ3) is 4.81. The van der Waals surface area contributed by atoms with Crippen molar-refractivity contribution in [2.45, 2.75) is 63.5 Å². The molecule has 0 aromatic carbocycles. The van der Waals surface area contributed by atoms with Crippen LogP contribution in [0.3, 0.4) is 0 Å². The lowest BCUT2D eigenvalue weighted by Crippen LogP contribution is -2.53. The molecule has 23 heavy (non-hydrogen) atoms. The number of aromatic nitrogens is 3. The summed E-state index contributed by atoms with van der Waals surface area (Å²) in [7, 11) is 0. The van der Waals surface area contributed by atoms with E-state index in [0.29, 0.717) is 12.5 Å². The van der Waals surface area contributed by atoms with Crippen LogP contribution in [-0.4, -0.2) is 32.8 Å². The van der Waals surface area contributed by atoms with Crippen LogP contribution >= 0.6 is 24.8 Å². The second kappa shape index (κ2) is 8.31. The SMILES string of the molecule is CC1(N)CCCCC1C(=O)NCCn1cnnc1C1CC1.Cl.Cl. The van der Waals surface area contributed by atoms with Crippen LogP contribution in [0.25, 0.3) is 0 Å². The summed E-state index contributed by atoms with van der Waals surface area (Å²) in [6, 6.07) is 0. The van der Waals surface area contributed by atoms with Crippen LogP contribution in [0.1, 0.15) is 57.2 Å². The lowest BCUT2D eigenvalue weighted by atomic mass is 9.74. The molecule has 132 valence electrons. The Morgan fingerprint density at radius 1 is 1.39 bits per heavy atom. The Balaban J connectivity index is 0.00000132. The zero-order chi connectivity index (χ0) is 14.9. The Morgan fingerprint density at radius 2 is 2.13 bits per heavy atom. The van der Waals surface area contributed by atoms with Gasteiger partial charge in [-0.3, -0.25) is 4.79 Å². The Hall–Kier alpha value is -0.850. The van der Waals surface area contributed by atoms with Crippen LogP contribution in [0, 0.1) is 5.92 Å². The first-order chi connectivity index (χ1) is 10.1. The van der Waals surface area contributed by atoms with E-state index in [2.05, 4.69) is 20.1 Å². The molecule has 2 fully saturated rings. The molecule has 0 spiro atoms. The molecular weight excluding hydrogens is 337 g/mol. The topological polar surface area (TPSA) is 85.8 Å². The van der Waals surface area contributed by atoms with Gasteiger partial charge in [-0.15, -0.1) is 35.0 Å². The molecule has 0 aliphatic heterocycles. The number of carbonyl (C=O) groups excluding carboxylic acids is 1. The summed E-state index contributed by atoms with van der Waals surface area (Å²) in [5, 5.41) is 11.2. The van der Waals surface area contributed by atoms with Crippen LogP contribution in [0.2, 0.25) is 0 Å². The lowest BCUT2D eigenvalue weighted by molar-refractivity contribution is -0.128. The first-order valence-electron chi connectivity index (χ1n) is 8.02. The van der Waals surface area contributed by atoms with Gasteiger partial charge in [-0.25, -0.2) is 0 Å². The molecule has 0 radical (unpaired) electrons. The Labute approximate surface area is 149 Å². The van der Waals surface area contributed by atoms with Crippen LogP contribution in [0.5, 0.6) is 0 Å². The maximum atomic E-state index is 12.3. The molecule has 8 heteroatoms. The molecule has 0 bridgehead atoms. The zero-order valence-corrected chi connectivity index (χ0v) is 15.2. The first-order valence-corrected chi connectivity index (χ1v) is 8.02. The number of hydrogen-bond donors (Lipinski definition) is 2. The van der Waals surface area contributed by atoms with Gasteiger partial charge in [-0.05, 0) is 32.6 Å². The summed E-state index contributed by atoms with van der Waals surface area (Å²) in [6.07, 6.45) is 8.23. The van der Waals surface area contributed by atoms with Crippen molar-refractivity contribution >= 4 is 30.7 Å². The Bertz CT molecular complexity index is 516. The predicted octanol–water partition coefficient (Wildman–Crippen LogP) is 2.02. The van der Waals surface area contributed by atoms with Gasteiger partial charge in [0.15, 0.2) is 0 Å². The predicted molar refractivity (Wildman–Crippen MR) is 94.1 cm³/mol. The van der Waals surface area contributed by atoms with Gasteiger partial charge < -0.3 is 15.6 Å². The molecule has 1 aromatic heterocycles. The second-order valence-corrected chi connectivity index (χ2v) is 6.75. The van der Waals surface area contributed by atoms with Crippen molar-refractivity contribution in [3.05, 3.63) is 12.2 Å². The molecule has 1 amide bonds. The van der Waals surface area contributed by atoms with E-state index in [0.717, 1.165) is 38.1 Å². The Morgan fingerprint density at radius 3 is 2.78 bits per heavy atom. The molecule has 3 rings (SSSR count). The van der Waals surface area contributed by atoms with Gasteiger partial charge in [0.05, 0.1) is 5.92 Å². The van der Waals surface area contributed by atoms with Gasteiger partial charge in [0.25, 0.3) is 0 Å². The third-order valence-electron chi connectivity index (χ3n) is 4.81. The molecule has 1 aromatic rings. The van der Waals surface area contributed by atoms with Crippen molar-refractivity contribution in [3.8, 4) is 0 Å². The van der Waals surface area contributed by atoms with Crippen LogP contribution in [0.4, 0.5) is 0 Å². The minimum atomic E-state index is -0.363. The second-order valence-electron chi connectivity index (χ2n) is 6.75. The lowest BCUT2D eigenvalue weighted by Gasteiger charge is -2.37. The van der Waals surface area contributed by atoms with E-state index < -0.39 is 0 Å². The highest BCUT2D eigenvalue weighted by molar-refractivity contribution is 5.85. The van der Waals surface area contributed by atoms with Gasteiger partial charge in [0.1, 0.15) is 12.2 Å². The number of amides is 1. The van der Waals surface area contributed by atoms with Gasteiger partial charge in [-0.2, -0.15) is 0 Å². The summed E-state index contributed by atoms with van der Waals surface area (Å²) in [6.45, 7) is 3.35. The molecule has 2 atom stereocenters. The monoisotopic (exact) mass is 363 g/mol. The molecule has 1 heterocycles. The van der Waals surface area contributed by atoms with Gasteiger partial charge >= 0.3 is 0 Å². The highest BCUT2D eigenvalue weighted by Crippen LogP contribution is 2.38. The number of rotatable bonds is 5. The van der Waals surface area contributed by atoms with Crippen molar-refractivity contribution in [2.75, 3.05) is 6.54 Å². The summed E-state index contributed by atoms with van der Waals surface area (Å²) < 4.78 is 2.06. The van der Waals surface area contributed by atoms with Gasteiger partial charge in [0.2, 0.25) is 5.91 Å².